The van der Waals surface area contributed by atoms with Crippen molar-refractivity contribution in [2.75, 3.05) is 11.4 Å². The van der Waals surface area contributed by atoms with Crippen LogP contribution in [0, 0.1) is 10.1 Å². The van der Waals surface area contributed by atoms with Gasteiger partial charge in [0.1, 0.15) is 5.69 Å². The van der Waals surface area contributed by atoms with Crippen molar-refractivity contribution in [2.45, 2.75) is 6.42 Å². The lowest BCUT2D eigenvalue weighted by Crippen LogP contribution is -2.25. The quantitative estimate of drug-likeness (QED) is 0.456. The molecule has 1 saturated heterocycles. The maximum absolute atomic E-state index is 11.5. The SMILES string of the molecule is O=C1CC(=O)N(c2cc(Cl)ccc2[N+](=O)[O-])C1. The second-order valence-electron chi connectivity index (χ2n) is 3.59. The number of benzene rings is 1. The summed E-state index contributed by atoms with van der Waals surface area (Å²) in [6.45, 7) is -0.139. The van der Waals surface area contributed by atoms with Gasteiger partial charge < -0.3 is 0 Å². The van der Waals surface area contributed by atoms with Crippen LogP contribution in [0.4, 0.5) is 11.4 Å². The van der Waals surface area contributed by atoms with E-state index in [0.29, 0.717) is 0 Å². The summed E-state index contributed by atoms with van der Waals surface area (Å²) < 4.78 is 0. The highest BCUT2D eigenvalue weighted by atomic mass is 35.5. The van der Waals surface area contributed by atoms with Crippen molar-refractivity contribution in [1.82, 2.24) is 0 Å². The Morgan fingerprint density at radius 3 is 2.59 bits per heavy atom. The second-order valence-corrected chi connectivity index (χ2v) is 4.02. The largest absolute Gasteiger partial charge is 0.298 e. The molecule has 17 heavy (non-hydrogen) atoms. The number of nitro benzene ring substituents is 1. The predicted octanol–water partition coefficient (Wildman–Crippen LogP) is 1.55. The molecule has 0 bridgehead atoms. The molecule has 6 nitrogen and oxygen atoms in total. The van der Waals surface area contributed by atoms with E-state index in [1.165, 1.54) is 18.2 Å². The molecule has 7 heteroatoms. The molecule has 1 aromatic rings. The van der Waals surface area contributed by atoms with Crippen LogP contribution >= 0.6 is 11.6 Å². The van der Waals surface area contributed by atoms with Crippen LogP contribution in [-0.4, -0.2) is 23.2 Å². The number of carbonyl (C=O) groups is 2. The van der Waals surface area contributed by atoms with Crippen LogP contribution < -0.4 is 4.90 Å². The summed E-state index contributed by atoms with van der Waals surface area (Å²) >= 11 is 5.74. The van der Waals surface area contributed by atoms with Crippen molar-refractivity contribution in [2.24, 2.45) is 0 Å². The predicted molar refractivity (Wildman–Crippen MR) is 60.1 cm³/mol. The Labute approximate surface area is 101 Å². The lowest BCUT2D eigenvalue weighted by molar-refractivity contribution is -0.384. The molecule has 1 fully saturated rings. The lowest BCUT2D eigenvalue weighted by atomic mass is 10.2. The molecule has 0 aromatic heterocycles. The van der Waals surface area contributed by atoms with E-state index >= 15 is 0 Å². The lowest BCUT2D eigenvalue weighted by Gasteiger charge is -2.14. The van der Waals surface area contributed by atoms with E-state index in [0.717, 1.165) is 4.90 Å². The van der Waals surface area contributed by atoms with Crippen molar-refractivity contribution < 1.29 is 14.5 Å². The first-order valence-electron chi connectivity index (χ1n) is 4.75. The Kier molecular flexibility index (Phi) is 2.81. The zero-order valence-corrected chi connectivity index (χ0v) is 9.31. The number of ketones is 1. The summed E-state index contributed by atoms with van der Waals surface area (Å²) in [6.07, 6.45) is -0.219. The molecule has 1 heterocycles. The molecule has 88 valence electrons. The first-order valence-corrected chi connectivity index (χ1v) is 5.13. The molecule has 1 amide bonds. The zero-order chi connectivity index (χ0) is 12.6. The average Bonchev–Trinajstić information content (AvgIpc) is 2.57. The minimum absolute atomic E-state index is 0.0679. The average molecular weight is 255 g/mol. The molecule has 1 aromatic carbocycles. The highest BCUT2D eigenvalue weighted by Gasteiger charge is 2.32. The van der Waals surface area contributed by atoms with Crippen molar-refractivity contribution in [3.63, 3.8) is 0 Å². The van der Waals surface area contributed by atoms with Crippen molar-refractivity contribution in [3.05, 3.63) is 33.3 Å². The number of amides is 1. The standard InChI is InChI=1S/C10H7ClN2O4/c11-6-1-2-8(13(16)17)9(3-6)12-5-7(14)4-10(12)15/h1-3H,4-5H2. The highest BCUT2D eigenvalue weighted by Crippen LogP contribution is 2.32. The van der Waals surface area contributed by atoms with Crippen LogP contribution in [0.25, 0.3) is 0 Å². The van der Waals surface area contributed by atoms with E-state index in [4.69, 9.17) is 11.6 Å². The van der Waals surface area contributed by atoms with Gasteiger partial charge in [0.25, 0.3) is 5.69 Å². The summed E-state index contributed by atoms with van der Waals surface area (Å²) in [6, 6.07) is 3.90. The fourth-order valence-electron chi connectivity index (χ4n) is 1.67. The normalized spacial score (nSPS) is 15.5. The van der Waals surface area contributed by atoms with E-state index in [-0.39, 0.29) is 35.1 Å². The van der Waals surface area contributed by atoms with Crippen LogP contribution in [0.3, 0.4) is 0 Å². The number of Topliss-reactive ketones (excluding diaryl/α,β-unsaturated/α-hetero) is 1. The van der Waals surface area contributed by atoms with Crippen LogP contribution in [-0.2, 0) is 9.59 Å². The summed E-state index contributed by atoms with van der Waals surface area (Å²) in [5.41, 5.74) is -0.171. The molecule has 1 aliphatic heterocycles. The minimum atomic E-state index is -0.609. The summed E-state index contributed by atoms with van der Waals surface area (Å²) in [5.74, 6) is -0.704. The van der Waals surface area contributed by atoms with E-state index in [2.05, 4.69) is 0 Å². The number of halogens is 1. The Bertz CT molecular complexity index is 529. The molecule has 0 unspecified atom stereocenters. The fourth-order valence-corrected chi connectivity index (χ4v) is 1.84. The van der Waals surface area contributed by atoms with E-state index < -0.39 is 10.8 Å². The maximum atomic E-state index is 11.5. The summed E-state index contributed by atoms with van der Waals surface area (Å²) in [5, 5.41) is 11.1. The summed E-state index contributed by atoms with van der Waals surface area (Å²) in [7, 11) is 0. The van der Waals surface area contributed by atoms with Gasteiger partial charge in [-0.15, -0.1) is 0 Å². The Balaban J connectivity index is 2.50. The van der Waals surface area contributed by atoms with Crippen LogP contribution in [0.2, 0.25) is 5.02 Å². The Morgan fingerprint density at radius 2 is 2.06 bits per heavy atom. The third-order valence-electron chi connectivity index (χ3n) is 2.41. The van der Waals surface area contributed by atoms with Crippen molar-refractivity contribution in [3.8, 4) is 0 Å². The number of nitro groups is 1. The van der Waals surface area contributed by atoms with Gasteiger partial charge in [-0.3, -0.25) is 24.6 Å². The fraction of sp³-hybridized carbons (Fsp3) is 0.200. The third kappa shape index (κ3) is 2.12. The van der Waals surface area contributed by atoms with Crippen molar-refractivity contribution in [1.29, 1.82) is 0 Å². The van der Waals surface area contributed by atoms with E-state index in [1.54, 1.807) is 0 Å². The number of nitrogens with zero attached hydrogens (tertiary/aromatic N) is 2. The zero-order valence-electron chi connectivity index (χ0n) is 8.55. The topological polar surface area (TPSA) is 80.5 Å². The maximum Gasteiger partial charge on any atom is 0.293 e. The second kappa shape index (κ2) is 4.14. The van der Waals surface area contributed by atoms with Gasteiger partial charge in [0, 0.05) is 11.1 Å². The first kappa shape index (κ1) is 11.5. The molecule has 0 spiro atoms. The molecule has 0 N–H and O–H groups in total. The van der Waals surface area contributed by atoms with E-state index in [9.17, 15) is 19.7 Å². The van der Waals surface area contributed by atoms with Crippen molar-refractivity contribution >= 4 is 34.7 Å². The van der Waals surface area contributed by atoms with E-state index in [1.807, 2.05) is 0 Å². The summed E-state index contributed by atoms with van der Waals surface area (Å²) in [4.78, 5) is 33.9. The number of anilines is 1. The minimum Gasteiger partial charge on any atom is -0.298 e. The number of carbonyl (C=O) groups excluding carboxylic acids is 2. The smallest absolute Gasteiger partial charge is 0.293 e. The van der Waals surface area contributed by atoms with Gasteiger partial charge in [0.2, 0.25) is 5.91 Å². The molecule has 0 aliphatic carbocycles. The van der Waals surface area contributed by atoms with Gasteiger partial charge in [-0.25, -0.2) is 0 Å². The molecule has 0 atom stereocenters. The molecule has 0 saturated carbocycles. The third-order valence-corrected chi connectivity index (χ3v) is 2.64. The number of hydrogen-bond donors (Lipinski definition) is 0. The Morgan fingerprint density at radius 1 is 1.35 bits per heavy atom. The molecule has 2 rings (SSSR count). The van der Waals surface area contributed by atoms with Gasteiger partial charge in [-0.05, 0) is 12.1 Å². The Hall–Kier alpha value is -1.95. The highest BCUT2D eigenvalue weighted by molar-refractivity contribution is 6.31. The van der Waals surface area contributed by atoms with Gasteiger partial charge in [0.15, 0.2) is 5.78 Å². The number of hydrogen-bond acceptors (Lipinski definition) is 4. The first-order chi connectivity index (χ1) is 7.99. The molecule has 0 radical (unpaired) electrons. The molecular weight excluding hydrogens is 248 g/mol. The molecule has 1 aliphatic rings. The molecular formula is C10H7ClN2O4. The number of rotatable bonds is 2. The van der Waals surface area contributed by atoms with Crippen LogP contribution in [0.1, 0.15) is 6.42 Å². The van der Waals surface area contributed by atoms with Gasteiger partial charge in [-0.1, -0.05) is 11.6 Å². The van der Waals surface area contributed by atoms with Gasteiger partial charge in [-0.2, -0.15) is 0 Å². The van der Waals surface area contributed by atoms with Gasteiger partial charge in [0.05, 0.1) is 17.9 Å². The van der Waals surface area contributed by atoms with Crippen LogP contribution in [0.15, 0.2) is 18.2 Å². The van der Waals surface area contributed by atoms with Gasteiger partial charge >= 0.3 is 0 Å². The van der Waals surface area contributed by atoms with Crippen LogP contribution in [0.5, 0.6) is 0 Å². The monoisotopic (exact) mass is 254 g/mol.